The molecule has 1 aromatic rings. The minimum absolute atomic E-state index is 0.210. The lowest BCUT2D eigenvalue weighted by atomic mass is 10.1. The molecule has 0 aliphatic rings. The summed E-state index contributed by atoms with van der Waals surface area (Å²) < 4.78 is 4.91. The van der Waals surface area contributed by atoms with Gasteiger partial charge in [-0.3, -0.25) is 4.79 Å². The molecule has 3 N–H and O–H groups in total. The lowest BCUT2D eigenvalue weighted by Crippen LogP contribution is -2.14. The maximum absolute atomic E-state index is 10.3. The smallest absolute Gasteiger partial charge is 0.305 e. The van der Waals surface area contributed by atoms with Crippen LogP contribution in [0, 0.1) is 11.3 Å². The Morgan fingerprint density at radius 2 is 2.54 bits per heavy atom. The molecule has 13 heavy (non-hydrogen) atoms. The number of nitriles is 1. The molecular formula is C8H8N2O3. The van der Waals surface area contributed by atoms with E-state index in [9.17, 15) is 4.79 Å². The van der Waals surface area contributed by atoms with Crippen molar-refractivity contribution >= 4 is 5.97 Å². The Morgan fingerprint density at radius 1 is 1.85 bits per heavy atom. The molecular weight excluding hydrogens is 172 g/mol. The molecule has 0 aliphatic heterocycles. The molecule has 0 amide bonds. The first-order chi connectivity index (χ1) is 6.13. The standard InChI is InChI=1S/C8H8N2O3/c9-3-5-1-7(13-4-5)6(10)2-8(11)12/h1,4,6H,2,10H2,(H,11,12)/t6-/m0/s1. The van der Waals surface area contributed by atoms with Gasteiger partial charge in [0.1, 0.15) is 18.1 Å². The van der Waals surface area contributed by atoms with Crippen molar-refractivity contribution in [3.05, 3.63) is 23.7 Å². The molecule has 68 valence electrons. The van der Waals surface area contributed by atoms with Crippen LogP contribution in [0.4, 0.5) is 0 Å². The maximum atomic E-state index is 10.3. The van der Waals surface area contributed by atoms with Gasteiger partial charge in [0.25, 0.3) is 0 Å². The van der Waals surface area contributed by atoms with Crippen molar-refractivity contribution < 1.29 is 14.3 Å². The predicted octanol–water partition coefficient (Wildman–Crippen LogP) is 0.626. The highest BCUT2D eigenvalue weighted by molar-refractivity contribution is 5.67. The van der Waals surface area contributed by atoms with Gasteiger partial charge in [-0.1, -0.05) is 0 Å². The van der Waals surface area contributed by atoms with Crippen molar-refractivity contribution in [2.45, 2.75) is 12.5 Å². The van der Waals surface area contributed by atoms with Gasteiger partial charge < -0.3 is 15.3 Å². The Kier molecular flexibility index (Phi) is 2.67. The molecule has 0 unspecified atom stereocenters. The molecule has 0 aliphatic carbocycles. The third kappa shape index (κ3) is 2.32. The van der Waals surface area contributed by atoms with E-state index in [0.29, 0.717) is 11.3 Å². The summed E-state index contributed by atoms with van der Waals surface area (Å²) in [7, 11) is 0. The summed E-state index contributed by atoms with van der Waals surface area (Å²) in [4.78, 5) is 10.3. The summed E-state index contributed by atoms with van der Waals surface area (Å²) in [5.41, 5.74) is 5.82. The van der Waals surface area contributed by atoms with Gasteiger partial charge >= 0.3 is 5.97 Å². The normalized spacial score (nSPS) is 12.0. The highest BCUT2D eigenvalue weighted by Gasteiger charge is 2.14. The van der Waals surface area contributed by atoms with Crippen LogP contribution in [-0.4, -0.2) is 11.1 Å². The van der Waals surface area contributed by atoms with Crippen LogP contribution in [0.25, 0.3) is 0 Å². The second kappa shape index (κ2) is 3.74. The van der Waals surface area contributed by atoms with Crippen LogP contribution in [0.3, 0.4) is 0 Å². The second-order valence-electron chi connectivity index (χ2n) is 2.55. The van der Waals surface area contributed by atoms with Crippen LogP contribution in [0.5, 0.6) is 0 Å². The van der Waals surface area contributed by atoms with Crippen LogP contribution < -0.4 is 5.73 Å². The highest BCUT2D eigenvalue weighted by Crippen LogP contribution is 2.16. The Morgan fingerprint density at radius 3 is 3.00 bits per heavy atom. The van der Waals surface area contributed by atoms with E-state index in [2.05, 4.69) is 0 Å². The van der Waals surface area contributed by atoms with Crippen LogP contribution in [0.1, 0.15) is 23.8 Å². The van der Waals surface area contributed by atoms with E-state index in [-0.39, 0.29) is 6.42 Å². The van der Waals surface area contributed by atoms with E-state index >= 15 is 0 Å². The predicted molar refractivity (Wildman–Crippen MR) is 42.6 cm³/mol. The van der Waals surface area contributed by atoms with Crippen molar-refractivity contribution in [2.24, 2.45) is 5.73 Å². The molecule has 1 atom stereocenters. The summed E-state index contributed by atoms with van der Waals surface area (Å²) in [6, 6.07) is 2.60. The van der Waals surface area contributed by atoms with Gasteiger partial charge in [-0.2, -0.15) is 5.26 Å². The summed E-state index contributed by atoms with van der Waals surface area (Å²) in [6.45, 7) is 0. The zero-order valence-corrected chi connectivity index (χ0v) is 6.73. The van der Waals surface area contributed by atoms with E-state index in [4.69, 9.17) is 20.5 Å². The van der Waals surface area contributed by atoms with Crippen LogP contribution in [-0.2, 0) is 4.79 Å². The van der Waals surface area contributed by atoms with E-state index in [1.54, 1.807) is 0 Å². The number of rotatable bonds is 3. The zero-order valence-electron chi connectivity index (χ0n) is 6.73. The number of hydrogen-bond donors (Lipinski definition) is 2. The molecule has 1 rings (SSSR count). The third-order valence-electron chi connectivity index (χ3n) is 1.51. The maximum Gasteiger partial charge on any atom is 0.305 e. The topological polar surface area (TPSA) is 100 Å². The lowest BCUT2D eigenvalue weighted by Gasteiger charge is -2.03. The van der Waals surface area contributed by atoms with Crippen molar-refractivity contribution in [3.8, 4) is 6.07 Å². The number of aliphatic carboxylic acids is 1. The summed E-state index contributed by atoms with van der Waals surface area (Å²) in [5.74, 6) is -0.679. The average Bonchev–Trinajstić information content (AvgIpc) is 2.50. The third-order valence-corrected chi connectivity index (χ3v) is 1.51. The monoisotopic (exact) mass is 180 g/mol. The first kappa shape index (κ1) is 9.29. The van der Waals surface area contributed by atoms with Gasteiger partial charge in [-0.25, -0.2) is 0 Å². The van der Waals surface area contributed by atoms with E-state index in [1.165, 1.54) is 12.3 Å². The summed E-state index contributed by atoms with van der Waals surface area (Å²) in [6.07, 6.45) is 1.04. The molecule has 0 aromatic carbocycles. The molecule has 5 nitrogen and oxygen atoms in total. The Labute approximate surface area is 74.4 Å². The number of furan rings is 1. The molecule has 0 bridgehead atoms. The SMILES string of the molecule is N#Cc1coc([C@@H](N)CC(=O)O)c1. The summed E-state index contributed by atoms with van der Waals surface area (Å²) in [5, 5.41) is 16.9. The number of hydrogen-bond acceptors (Lipinski definition) is 4. The van der Waals surface area contributed by atoms with Gasteiger partial charge in [0.15, 0.2) is 0 Å². The molecule has 1 heterocycles. The Bertz CT molecular complexity index is 351. The quantitative estimate of drug-likeness (QED) is 0.710. The van der Waals surface area contributed by atoms with Crippen LogP contribution in [0.15, 0.2) is 16.7 Å². The molecule has 0 saturated heterocycles. The summed E-state index contributed by atoms with van der Waals surface area (Å²) >= 11 is 0. The van der Waals surface area contributed by atoms with Crippen molar-refractivity contribution in [1.82, 2.24) is 0 Å². The minimum atomic E-state index is -0.998. The van der Waals surface area contributed by atoms with Gasteiger partial charge in [0.2, 0.25) is 0 Å². The van der Waals surface area contributed by atoms with E-state index in [1.807, 2.05) is 6.07 Å². The Hall–Kier alpha value is -1.80. The lowest BCUT2D eigenvalue weighted by molar-refractivity contribution is -0.137. The number of nitrogens with zero attached hydrogens (tertiary/aromatic N) is 1. The van der Waals surface area contributed by atoms with Gasteiger partial charge in [-0.05, 0) is 6.07 Å². The molecule has 0 radical (unpaired) electrons. The van der Waals surface area contributed by atoms with Crippen LogP contribution >= 0.6 is 0 Å². The molecule has 0 saturated carbocycles. The first-order valence-corrected chi connectivity index (χ1v) is 3.59. The molecule has 0 spiro atoms. The van der Waals surface area contributed by atoms with Crippen LogP contribution in [0.2, 0.25) is 0 Å². The van der Waals surface area contributed by atoms with E-state index in [0.717, 1.165) is 0 Å². The zero-order chi connectivity index (χ0) is 9.84. The van der Waals surface area contributed by atoms with Crippen molar-refractivity contribution in [3.63, 3.8) is 0 Å². The van der Waals surface area contributed by atoms with E-state index < -0.39 is 12.0 Å². The number of nitrogens with two attached hydrogens (primary N) is 1. The largest absolute Gasteiger partial charge is 0.481 e. The Balaban J connectivity index is 2.72. The average molecular weight is 180 g/mol. The fourth-order valence-corrected chi connectivity index (χ4v) is 0.895. The molecule has 1 aromatic heterocycles. The first-order valence-electron chi connectivity index (χ1n) is 3.59. The minimum Gasteiger partial charge on any atom is -0.481 e. The van der Waals surface area contributed by atoms with Gasteiger partial charge in [0.05, 0.1) is 18.0 Å². The second-order valence-corrected chi connectivity index (χ2v) is 2.55. The number of carboxylic acids is 1. The fourth-order valence-electron chi connectivity index (χ4n) is 0.895. The fraction of sp³-hybridized carbons (Fsp3) is 0.250. The van der Waals surface area contributed by atoms with Gasteiger partial charge in [-0.15, -0.1) is 0 Å². The molecule has 5 heteroatoms. The van der Waals surface area contributed by atoms with Crippen molar-refractivity contribution in [1.29, 1.82) is 5.26 Å². The van der Waals surface area contributed by atoms with Gasteiger partial charge in [0, 0.05) is 0 Å². The number of carboxylic acid groups (broad SMARTS) is 1. The molecule has 0 fully saturated rings. The number of carbonyl (C=O) groups is 1. The van der Waals surface area contributed by atoms with Crippen molar-refractivity contribution in [2.75, 3.05) is 0 Å². The highest BCUT2D eigenvalue weighted by atomic mass is 16.4.